The summed E-state index contributed by atoms with van der Waals surface area (Å²) in [5, 5.41) is 2.41. The first kappa shape index (κ1) is 27.7. The van der Waals surface area contributed by atoms with Crippen LogP contribution in [0, 0.1) is 0 Å². The Kier molecular flexibility index (Phi) is 12.5. The number of methoxy groups -OCH3 is 1. The smallest absolute Gasteiger partial charge is 0.408 e. The first-order chi connectivity index (χ1) is 14.6. The number of alkyl carbamates (subject to hydrolysis) is 1. The summed E-state index contributed by atoms with van der Waals surface area (Å²) < 4.78 is 21.4. The zero-order valence-corrected chi connectivity index (χ0v) is 20.5. The van der Waals surface area contributed by atoms with Gasteiger partial charge >= 0.3 is 12.1 Å². The Morgan fingerprint density at radius 1 is 1.26 bits per heavy atom. The Labute approximate surface area is 190 Å². The standard InChI is InChI=1S/C22H39NO7S/c1-7-8-9-10-11-15(2)29-20-18(24)12-16(13-28-20)31-14-17(19(25)27-6)23-21(26)30-22(3,4)5/h15-17,20H,7-14H2,1-6H3,(H,23,26)/t15-,16+,17-,20+/m0/s1. The zero-order chi connectivity index (χ0) is 23.4. The van der Waals surface area contributed by atoms with Gasteiger partial charge in [0, 0.05) is 17.4 Å². The summed E-state index contributed by atoms with van der Waals surface area (Å²) in [5.41, 5.74) is -0.677. The molecule has 1 aliphatic rings. The quantitative estimate of drug-likeness (QED) is 0.346. The van der Waals surface area contributed by atoms with Gasteiger partial charge in [-0.1, -0.05) is 32.6 Å². The minimum Gasteiger partial charge on any atom is -0.467 e. The number of hydrogen-bond donors (Lipinski definition) is 1. The minimum atomic E-state index is -0.878. The van der Waals surface area contributed by atoms with Crippen LogP contribution in [0.3, 0.4) is 0 Å². The van der Waals surface area contributed by atoms with Crippen molar-refractivity contribution in [2.45, 2.75) is 102 Å². The summed E-state index contributed by atoms with van der Waals surface area (Å²) >= 11 is 1.38. The van der Waals surface area contributed by atoms with E-state index in [1.807, 2.05) is 6.92 Å². The largest absolute Gasteiger partial charge is 0.467 e. The van der Waals surface area contributed by atoms with Crippen LogP contribution in [0.1, 0.15) is 73.1 Å². The molecular formula is C22H39NO7S. The van der Waals surface area contributed by atoms with Crippen molar-refractivity contribution in [1.82, 2.24) is 5.32 Å². The summed E-state index contributed by atoms with van der Waals surface area (Å²) in [6, 6.07) is -0.878. The molecule has 0 aromatic rings. The van der Waals surface area contributed by atoms with E-state index in [0.29, 0.717) is 6.61 Å². The maximum Gasteiger partial charge on any atom is 0.408 e. The summed E-state index contributed by atoms with van der Waals surface area (Å²) in [7, 11) is 1.26. The van der Waals surface area contributed by atoms with E-state index in [2.05, 4.69) is 12.2 Å². The van der Waals surface area contributed by atoms with Crippen molar-refractivity contribution >= 4 is 29.6 Å². The van der Waals surface area contributed by atoms with Crippen molar-refractivity contribution in [2.75, 3.05) is 19.5 Å². The number of Topliss-reactive ketones (excluding diaryl/α,β-unsaturated/α-hetero) is 1. The van der Waals surface area contributed by atoms with Crippen molar-refractivity contribution in [3.8, 4) is 0 Å². The Morgan fingerprint density at radius 2 is 1.97 bits per heavy atom. The molecule has 1 heterocycles. The molecule has 0 aromatic carbocycles. The van der Waals surface area contributed by atoms with Gasteiger partial charge < -0.3 is 24.3 Å². The molecule has 0 aliphatic carbocycles. The summed E-state index contributed by atoms with van der Waals surface area (Å²) in [4.78, 5) is 36.5. The molecule has 1 aliphatic heterocycles. The number of rotatable bonds is 12. The van der Waals surface area contributed by atoms with Gasteiger partial charge in [0.05, 0.1) is 19.8 Å². The van der Waals surface area contributed by atoms with Gasteiger partial charge in [-0.3, -0.25) is 4.79 Å². The van der Waals surface area contributed by atoms with Crippen LogP contribution in [0.2, 0.25) is 0 Å². The van der Waals surface area contributed by atoms with Gasteiger partial charge in [0.1, 0.15) is 11.6 Å². The van der Waals surface area contributed by atoms with E-state index in [1.54, 1.807) is 20.8 Å². The second-order valence-electron chi connectivity index (χ2n) is 8.81. The number of amides is 1. The van der Waals surface area contributed by atoms with Crippen LogP contribution in [0.25, 0.3) is 0 Å². The first-order valence-electron chi connectivity index (χ1n) is 11.0. The molecule has 0 bridgehead atoms. The lowest BCUT2D eigenvalue weighted by Crippen LogP contribution is -2.46. The van der Waals surface area contributed by atoms with E-state index in [1.165, 1.54) is 38.1 Å². The van der Waals surface area contributed by atoms with Gasteiger partial charge in [-0.25, -0.2) is 9.59 Å². The Bertz CT molecular complexity index is 579. The Morgan fingerprint density at radius 3 is 2.55 bits per heavy atom. The number of carbonyl (C=O) groups is 3. The maximum atomic E-state index is 12.4. The summed E-state index contributed by atoms with van der Waals surface area (Å²) in [5.74, 6) is -0.426. The number of ether oxygens (including phenoxy) is 4. The van der Waals surface area contributed by atoms with E-state index in [-0.39, 0.29) is 29.3 Å². The number of ketones is 1. The monoisotopic (exact) mass is 461 g/mol. The molecule has 0 aromatic heterocycles. The molecular weight excluding hydrogens is 422 g/mol. The highest BCUT2D eigenvalue weighted by Crippen LogP contribution is 2.25. The predicted octanol–water partition coefficient (Wildman–Crippen LogP) is 3.85. The lowest BCUT2D eigenvalue weighted by atomic mass is 10.1. The molecule has 1 fully saturated rings. The van der Waals surface area contributed by atoms with Crippen LogP contribution in [-0.4, -0.2) is 66.6 Å². The number of nitrogens with one attached hydrogen (secondary N) is 1. The average molecular weight is 462 g/mol. The molecule has 1 rings (SSSR count). The predicted molar refractivity (Wildman–Crippen MR) is 120 cm³/mol. The number of thioether (sulfide) groups is 1. The Hall–Kier alpha value is -1.32. The van der Waals surface area contributed by atoms with Gasteiger partial charge in [-0.05, 0) is 34.1 Å². The highest BCUT2D eigenvalue weighted by Gasteiger charge is 2.33. The van der Waals surface area contributed by atoms with E-state index < -0.39 is 30.0 Å². The van der Waals surface area contributed by atoms with E-state index in [9.17, 15) is 14.4 Å². The van der Waals surface area contributed by atoms with E-state index in [0.717, 1.165) is 12.8 Å². The topological polar surface area (TPSA) is 100 Å². The van der Waals surface area contributed by atoms with Gasteiger partial charge in [0.15, 0.2) is 5.78 Å². The molecule has 4 atom stereocenters. The van der Waals surface area contributed by atoms with E-state index in [4.69, 9.17) is 18.9 Å². The van der Waals surface area contributed by atoms with Crippen LogP contribution in [-0.2, 0) is 28.5 Å². The van der Waals surface area contributed by atoms with Crippen molar-refractivity contribution in [1.29, 1.82) is 0 Å². The van der Waals surface area contributed by atoms with Gasteiger partial charge in [0.25, 0.3) is 0 Å². The third-order valence-electron chi connectivity index (χ3n) is 4.62. The average Bonchev–Trinajstić information content (AvgIpc) is 2.68. The molecule has 9 heteroatoms. The molecule has 1 N–H and O–H groups in total. The van der Waals surface area contributed by atoms with Crippen LogP contribution < -0.4 is 5.32 Å². The second-order valence-corrected chi connectivity index (χ2v) is 10.1. The lowest BCUT2D eigenvalue weighted by Gasteiger charge is -2.30. The molecule has 1 saturated heterocycles. The fourth-order valence-electron chi connectivity index (χ4n) is 3.02. The molecule has 180 valence electrons. The SMILES string of the molecule is CCCCCC[C@H](C)O[C@H]1OC[C@H](SC[C@H](NC(=O)OC(C)(C)C)C(=O)OC)CC1=O. The van der Waals surface area contributed by atoms with Crippen molar-refractivity contribution in [3.05, 3.63) is 0 Å². The molecule has 0 unspecified atom stereocenters. The Balaban J connectivity index is 2.45. The second kappa shape index (κ2) is 14.0. The fourth-order valence-corrected chi connectivity index (χ4v) is 4.16. The lowest BCUT2D eigenvalue weighted by molar-refractivity contribution is -0.190. The molecule has 31 heavy (non-hydrogen) atoms. The summed E-state index contributed by atoms with van der Waals surface area (Å²) in [6.07, 6.45) is 4.28. The number of esters is 1. The molecule has 0 radical (unpaired) electrons. The molecule has 0 spiro atoms. The highest BCUT2D eigenvalue weighted by molar-refractivity contribution is 8.00. The third-order valence-corrected chi connectivity index (χ3v) is 5.92. The zero-order valence-electron chi connectivity index (χ0n) is 19.7. The number of unbranched alkanes of at least 4 members (excludes halogenated alkanes) is 3. The van der Waals surface area contributed by atoms with Crippen molar-refractivity contribution < 1.29 is 33.3 Å². The molecule has 8 nitrogen and oxygen atoms in total. The van der Waals surface area contributed by atoms with Crippen LogP contribution in [0.15, 0.2) is 0 Å². The van der Waals surface area contributed by atoms with Crippen LogP contribution in [0.5, 0.6) is 0 Å². The van der Waals surface area contributed by atoms with Gasteiger partial charge in [-0.2, -0.15) is 11.8 Å². The van der Waals surface area contributed by atoms with Gasteiger partial charge in [-0.15, -0.1) is 0 Å². The number of carbonyl (C=O) groups excluding carboxylic acids is 3. The van der Waals surface area contributed by atoms with Crippen molar-refractivity contribution in [3.63, 3.8) is 0 Å². The van der Waals surface area contributed by atoms with Crippen LogP contribution in [0.4, 0.5) is 4.79 Å². The number of hydrogen-bond acceptors (Lipinski definition) is 8. The third kappa shape index (κ3) is 11.8. The first-order valence-corrected chi connectivity index (χ1v) is 12.1. The van der Waals surface area contributed by atoms with Gasteiger partial charge in [0.2, 0.25) is 6.29 Å². The highest BCUT2D eigenvalue weighted by atomic mass is 32.2. The maximum absolute atomic E-state index is 12.4. The summed E-state index contributed by atoms with van der Waals surface area (Å²) in [6.45, 7) is 9.69. The molecule has 1 amide bonds. The van der Waals surface area contributed by atoms with E-state index >= 15 is 0 Å². The normalized spacial score (nSPS) is 21.3. The minimum absolute atomic E-state index is 0.0308. The van der Waals surface area contributed by atoms with Crippen molar-refractivity contribution in [2.24, 2.45) is 0 Å². The molecule has 0 saturated carbocycles. The van der Waals surface area contributed by atoms with Crippen LogP contribution >= 0.6 is 11.8 Å². The fraction of sp³-hybridized carbons (Fsp3) is 0.864.